The first kappa shape index (κ1) is 18.4. The molecule has 2 amide bonds. The molecular formula is C23H28N4O2. The first-order chi connectivity index (χ1) is 14.1. The van der Waals surface area contributed by atoms with Gasteiger partial charge < -0.3 is 10.6 Å². The van der Waals surface area contributed by atoms with Crippen LogP contribution in [0.15, 0.2) is 42.7 Å². The molecule has 4 bridgehead atoms. The number of amides is 2. The maximum Gasteiger partial charge on any atom is 0.243 e. The van der Waals surface area contributed by atoms with Crippen LogP contribution in [0.2, 0.25) is 0 Å². The highest BCUT2D eigenvalue weighted by Gasteiger charge is 2.54. The van der Waals surface area contributed by atoms with Gasteiger partial charge in [-0.1, -0.05) is 12.1 Å². The molecular weight excluding hydrogens is 364 g/mol. The second-order valence-electron chi connectivity index (χ2n) is 9.33. The summed E-state index contributed by atoms with van der Waals surface area (Å²) in [5.74, 6) is 2.08. The van der Waals surface area contributed by atoms with E-state index >= 15 is 0 Å². The van der Waals surface area contributed by atoms with Gasteiger partial charge in [0.05, 0.1) is 13.1 Å². The molecule has 0 spiro atoms. The summed E-state index contributed by atoms with van der Waals surface area (Å²) in [4.78, 5) is 25.4. The molecule has 0 radical (unpaired) electrons. The van der Waals surface area contributed by atoms with E-state index in [1.807, 2.05) is 41.2 Å². The Balaban J connectivity index is 1.16. The molecule has 1 aromatic carbocycles. The molecule has 4 fully saturated rings. The minimum atomic E-state index is -0.210. The van der Waals surface area contributed by atoms with Crippen molar-refractivity contribution in [2.45, 2.75) is 45.1 Å². The van der Waals surface area contributed by atoms with Gasteiger partial charge in [0.1, 0.15) is 0 Å². The van der Waals surface area contributed by atoms with Crippen molar-refractivity contribution in [1.82, 2.24) is 15.1 Å². The number of aromatic nitrogens is 2. The van der Waals surface area contributed by atoms with Crippen molar-refractivity contribution in [2.24, 2.45) is 23.2 Å². The van der Waals surface area contributed by atoms with Gasteiger partial charge in [0, 0.05) is 23.5 Å². The second kappa shape index (κ2) is 7.32. The molecule has 4 aliphatic rings. The van der Waals surface area contributed by atoms with Gasteiger partial charge in [0.2, 0.25) is 11.8 Å². The second-order valence-corrected chi connectivity index (χ2v) is 9.33. The number of benzene rings is 1. The standard InChI is InChI=1S/C23H28N4O2/c28-21(26-20-4-1-3-16(10-20)15-27-6-2-5-25-27)14-24-22(29)23-11-17-7-18(12-23)9-19(8-17)13-23/h1-6,10,17-19H,7-9,11-15H2,(H,24,29)(H,26,28). The molecule has 1 aromatic heterocycles. The van der Waals surface area contributed by atoms with Crippen molar-refractivity contribution in [3.63, 3.8) is 0 Å². The number of carbonyl (C=O) groups is 2. The summed E-state index contributed by atoms with van der Waals surface area (Å²) >= 11 is 0. The molecule has 6 nitrogen and oxygen atoms in total. The fourth-order valence-corrected chi connectivity index (χ4v) is 6.27. The lowest BCUT2D eigenvalue weighted by Gasteiger charge is -2.55. The van der Waals surface area contributed by atoms with Crippen molar-refractivity contribution in [3.05, 3.63) is 48.3 Å². The van der Waals surface area contributed by atoms with E-state index in [9.17, 15) is 9.59 Å². The Hall–Kier alpha value is -2.63. The van der Waals surface area contributed by atoms with E-state index in [1.54, 1.807) is 6.20 Å². The zero-order valence-electron chi connectivity index (χ0n) is 16.6. The average molecular weight is 393 g/mol. The van der Waals surface area contributed by atoms with Crippen LogP contribution < -0.4 is 10.6 Å². The van der Waals surface area contributed by atoms with E-state index in [0.717, 1.165) is 48.3 Å². The van der Waals surface area contributed by atoms with Gasteiger partial charge in [-0.05, 0) is 80.0 Å². The van der Waals surface area contributed by atoms with Crippen LogP contribution in [0.1, 0.15) is 44.1 Å². The molecule has 0 saturated heterocycles. The van der Waals surface area contributed by atoms with E-state index in [-0.39, 0.29) is 23.8 Å². The quantitative estimate of drug-likeness (QED) is 0.793. The van der Waals surface area contributed by atoms with Gasteiger partial charge in [0.25, 0.3) is 0 Å². The Bertz CT molecular complexity index is 870. The first-order valence-corrected chi connectivity index (χ1v) is 10.7. The van der Waals surface area contributed by atoms with Crippen LogP contribution in [0.3, 0.4) is 0 Å². The maximum atomic E-state index is 13.0. The fraction of sp³-hybridized carbons (Fsp3) is 0.522. The Labute approximate surface area is 171 Å². The highest BCUT2D eigenvalue weighted by atomic mass is 16.2. The van der Waals surface area contributed by atoms with Crippen LogP contribution in [0.4, 0.5) is 5.69 Å². The number of rotatable bonds is 6. The summed E-state index contributed by atoms with van der Waals surface area (Å²) in [5.41, 5.74) is 1.59. The van der Waals surface area contributed by atoms with Crippen molar-refractivity contribution in [2.75, 3.05) is 11.9 Å². The maximum absolute atomic E-state index is 13.0. The Morgan fingerprint density at radius 2 is 1.79 bits per heavy atom. The average Bonchev–Trinajstić information content (AvgIpc) is 3.18. The van der Waals surface area contributed by atoms with Gasteiger partial charge in [-0.25, -0.2) is 0 Å². The fourth-order valence-electron chi connectivity index (χ4n) is 6.27. The van der Waals surface area contributed by atoms with E-state index in [0.29, 0.717) is 6.54 Å². The third kappa shape index (κ3) is 3.80. The summed E-state index contributed by atoms with van der Waals surface area (Å²) in [6, 6.07) is 9.62. The zero-order chi connectivity index (χ0) is 19.8. The minimum Gasteiger partial charge on any atom is -0.347 e. The van der Waals surface area contributed by atoms with Crippen molar-refractivity contribution < 1.29 is 9.59 Å². The third-order valence-corrected chi connectivity index (χ3v) is 7.04. The molecule has 1 heterocycles. The summed E-state index contributed by atoms with van der Waals surface area (Å²) < 4.78 is 1.84. The van der Waals surface area contributed by atoms with E-state index in [1.165, 1.54) is 19.3 Å². The zero-order valence-corrected chi connectivity index (χ0v) is 16.6. The normalized spacial score (nSPS) is 29.6. The minimum absolute atomic E-state index is 0.0317. The number of hydrogen-bond donors (Lipinski definition) is 2. The van der Waals surface area contributed by atoms with Gasteiger partial charge in [0.15, 0.2) is 0 Å². The van der Waals surface area contributed by atoms with Gasteiger partial charge in [-0.2, -0.15) is 5.10 Å². The molecule has 29 heavy (non-hydrogen) atoms. The van der Waals surface area contributed by atoms with Crippen LogP contribution in [-0.2, 0) is 16.1 Å². The SMILES string of the molecule is O=C(CNC(=O)C12CC3CC(CC(C3)C1)C2)Nc1cccc(Cn2cccn2)c1. The summed E-state index contributed by atoms with van der Waals surface area (Å²) in [7, 11) is 0. The summed E-state index contributed by atoms with van der Waals surface area (Å²) in [6.45, 7) is 0.684. The third-order valence-electron chi connectivity index (χ3n) is 7.04. The number of hydrogen-bond acceptors (Lipinski definition) is 3. The van der Waals surface area contributed by atoms with E-state index in [2.05, 4.69) is 15.7 Å². The van der Waals surface area contributed by atoms with Crippen molar-refractivity contribution in [3.8, 4) is 0 Å². The van der Waals surface area contributed by atoms with E-state index in [4.69, 9.17) is 0 Å². The highest BCUT2D eigenvalue weighted by molar-refractivity contribution is 5.95. The topological polar surface area (TPSA) is 76.0 Å². The number of carbonyl (C=O) groups excluding carboxylic acids is 2. The van der Waals surface area contributed by atoms with E-state index < -0.39 is 0 Å². The molecule has 0 aliphatic heterocycles. The van der Waals surface area contributed by atoms with Gasteiger partial charge in [-0.3, -0.25) is 14.3 Å². The lowest BCUT2D eigenvalue weighted by molar-refractivity contribution is -0.146. The Morgan fingerprint density at radius 3 is 2.45 bits per heavy atom. The van der Waals surface area contributed by atoms with Crippen LogP contribution in [0.5, 0.6) is 0 Å². The molecule has 2 N–H and O–H groups in total. The van der Waals surface area contributed by atoms with Gasteiger partial charge in [-0.15, -0.1) is 0 Å². The van der Waals surface area contributed by atoms with Crippen molar-refractivity contribution in [1.29, 1.82) is 0 Å². The largest absolute Gasteiger partial charge is 0.347 e. The van der Waals surface area contributed by atoms with Gasteiger partial charge >= 0.3 is 0 Å². The first-order valence-electron chi connectivity index (χ1n) is 10.7. The predicted molar refractivity (Wildman–Crippen MR) is 110 cm³/mol. The van der Waals surface area contributed by atoms with Crippen LogP contribution in [0, 0.1) is 23.2 Å². The molecule has 152 valence electrons. The Morgan fingerprint density at radius 1 is 1.07 bits per heavy atom. The highest BCUT2D eigenvalue weighted by Crippen LogP contribution is 2.60. The van der Waals surface area contributed by atoms with Crippen LogP contribution in [-0.4, -0.2) is 28.1 Å². The smallest absolute Gasteiger partial charge is 0.243 e. The predicted octanol–water partition coefficient (Wildman–Crippen LogP) is 3.20. The summed E-state index contributed by atoms with van der Waals surface area (Å²) in [5, 5.41) is 10.1. The lowest BCUT2D eigenvalue weighted by Crippen LogP contribution is -2.54. The molecule has 4 saturated carbocycles. The number of nitrogens with zero attached hydrogens (tertiary/aromatic N) is 2. The molecule has 0 atom stereocenters. The monoisotopic (exact) mass is 392 g/mol. The molecule has 2 aromatic rings. The van der Waals surface area contributed by atoms with Crippen LogP contribution >= 0.6 is 0 Å². The molecule has 6 rings (SSSR count). The lowest BCUT2D eigenvalue weighted by atomic mass is 9.49. The van der Waals surface area contributed by atoms with Crippen molar-refractivity contribution >= 4 is 17.5 Å². The number of anilines is 1. The number of nitrogens with one attached hydrogen (secondary N) is 2. The molecule has 4 aliphatic carbocycles. The van der Waals surface area contributed by atoms with Crippen LogP contribution in [0.25, 0.3) is 0 Å². The Kier molecular flexibility index (Phi) is 4.64. The molecule has 0 unspecified atom stereocenters. The molecule has 6 heteroatoms. The summed E-state index contributed by atoms with van der Waals surface area (Å²) in [6.07, 6.45) is 10.6.